The summed E-state index contributed by atoms with van der Waals surface area (Å²) in [6.07, 6.45) is 1.87. The highest BCUT2D eigenvalue weighted by Crippen LogP contribution is 2.42. The van der Waals surface area contributed by atoms with Crippen LogP contribution in [0.4, 0.5) is 0 Å². The predicted octanol–water partition coefficient (Wildman–Crippen LogP) is 6.53. The van der Waals surface area contributed by atoms with Gasteiger partial charge in [-0.1, -0.05) is 77.9 Å². The number of phenols is 1. The number of hydrogen-bond acceptors (Lipinski definition) is 3. The van der Waals surface area contributed by atoms with Gasteiger partial charge in [0.15, 0.2) is 5.82 Å². The molecule has 4 heteroatoms. The number of carbonyl (C=O) groups is 1. The Kier molecular flexibility index (Phi) is 5.20. The van der Waals surface area contributed by atoms with E-state index in [1.165, 1.54) is 0 Å². The fourth-order valence-electron chi connectivity index (χ4n) is 4.04. The predicted molar refractivity (Wildman–Crippen MR) is 130 cm³/mol. The van der Waals surface area contributed by atoms with Crippen molar-refractivity contribution in [1.82, 2.24) is 9.38 Å². The van der Waals surface area contributed by atoms with E-state index in [0.717, 1.165) is 27.9 Å². The number of aromatic nitrogens is 2. The first-order valence-electron chi connectivity index (χ1n) is 10.9. The van der Waals surface area contributed by atoms with Gasteiger partial charge < -0.3 is 5.11 Å². The van der Waals surface area contributed by atoms with Crippen LogP contribution in [0.2, 0.25) is 0 Å². The monoisotopic (exact) mass is 426 g/mol. The zero-order chi connectivity index (χ0) is 23.3. The molecule has 0 radical (unpaired) electrons. The van der Waals surface area contributed by atoms with Crippen molar-refractivity contribution < 1.29 is 9.90 Å². The van der Waals surface area contributed by atoms with Crippen LogP contribution in [0.25, 0.3) is 16.8 Å². The third kappa shape index (κ3) is 3.81. The summed E-state index contributed by atoms with van der Waals surface area (Å²) < 4.78 is 1.85. The van der Waals surface area contributed by atoms with Gasteiger partial charge in [0.1, 0.15) is 5.75 Å². The first kappa shape index (κ1) is 21.8. The average molecular weight is 427 g/mol. The summed E-state index contributed by atoms with van der Waals surface area (Å²) in [7, 11) is 0. The summed E-state index contributed by atoms with van der Waals surface area (Å²) in [6.45, 7) is 12.5. The molecule has 0 aliphatic carbocycles. The minimum Gasteiger partial charge on any atom is -0.507 e. The van der Waals surface area contributed by atoms with E-state index in [1.54, 1.807) is 0 Å². The number of fused-ring (bicyclic) bond motifs is 1. The smallest absolute Gasteiger partial charge is 0.228 e. The topological polar surface area (TPSA) is 54.6 Å². The van der Waals surface area contributed by atoms with Gasteiger partial charge in [0.2, 0.25) is 5.78 Å². The van der Waals surface area contributed by atoms with Crippen LogP contribution in [0.5, 0.6) is 5.75 Å². The van der Waals surface area contributed by atoms with Crippen molar-refractivity contribution in [3.05, 3.63) is 89.4 Å². The summed E-state index contributed by atoms with van der Waals surface area (Å²) in [4.78, 5) is 18.1. The third-order valence-corrected chi connectivity index (χ3v) is 5.79. The second-order valence-corrected chi connectivity index (χ2v) is 10.4. The van der Waals surface area contributed by atoms with Gasteiger partial charge in [0, 0.05) is 28.5 Å². The number of pyridine rings is 1. The number of phenolic OH excluding ortho intramolecular Hbond substituents is 1. The van der Waals surface area contributed by atoms with Gasteiger partial charge >= 0.3 is 0 Å². The van der Waals surface area contributed by atoms with Crippen molar-refractivity contribution in [3.63, 3.8) is 0 Å². The van der Waals surface area contributed by atoms with Gasteiger partial charge in [-0.15, -0.1) is 0 Å². The molecule has 0 fully saturated rings. The zero-order valence-electron chi connectivity index (χ0n) is 19.6. The number of imidazole rings is 1. The Hall–Kier alpha value is -3.40. The molecule has 0 saturated carbocycles. The quantitative estimate of drug-likeness (QED) is 0.379. The van der Waals surface area contributed by atoms with Gasteiger partial charge in [0.25, 0.3) is 0 Å². The van der Waals surface area contributed by atoms with E-state index in [4.69, 9.17) is 4.98 Å². The van der Waals surface area contributed by atoms with Crippen LogP contribution < -0.4 is 0 Å². The van der Waals surface area contributed by atoms with Crippen molar-refractivity contribution in [3.8, 4) is 17.0 Å². The normalized spacial score (nSPS) is 12.3. The van der Waals surface area contributed by atoms with E-state index in [2.05, 4.69) is 41.5 Å². The Morgan fingerprint density at radius 2 is 1.41 bits per heavy atom. The van der Waals surface area contributed by atoms with Gasteiger partial charge in [-0.25, -0.2) is 4.98 Å². The Morgan fingerprint density at radius 1 is 0.844 bits per heavy atom. The lowest BCUT2D eigenvalue weighted by Gasteiger charge is -2.28. The van der Waals surface area contributed by atoms with Crippen molar-refractivity contribution in [2.75, 3.05) is 0 Å². The molecule has 164 valence electrons. The van der Waals surface area contributed by atoms with E-state index in [9.17, 15) is 9.90 Å². The maximum absolute atomic E-state index is 13.3. The highest BCUT2D eigenvalue weighted by molar-refractivity contribution is 6.08. The standard InChI is InChI=1S/C28H30N2O2/c1-27(2,3)20-16-19(17-21(25(20)32)28(4,5)6)23-22-14-10-11-15-30(22)26(29-23)24(31)18-12-8-7-9-13-18/h7-17,32H,1-6H3. The Labute approximate surface area is 189 Å². The average Bonchev–Trinajstić information content (AvgIpc) is 3.12. The minimum atomic E-state index is -0.252. The highest BCUT2D eigenvalue weighted by Gasteiger charge is 2.28. The lowest BCUT2D eigenvalue weighted by atomic mass is 9.78. The van der Waals surface area contributed by atoms with E-state index < -0.39 is 0 Å². The van der Waals surface area contributed by atoms with Crippen molar-refractivity contribution >= 4 is 11.3 Å². The largest absolute Gasteiger partial charge is 0.507 e. The van der Waals surface area contributed by atoms with Crippen molar-refractivity contribution in [2.24, 2.45) is 0 Å². The Morgan fingerprint density at radius 3 is 1.97 bits per heavy atom. The molecule has 2 aromatic heterocycles. The maximum atomic E-state index is 13.3. The van der Waals surface area contributed by atoms with Gasteiger partial charge in [-0.2, -0.15) is 0 Å². The molecule has 0 saturated heterocycles. The van der Waals surface area contributed by atoms with Crippen LogP contribution in [0.1, 0.15) is 68.9 Å². The van der Waals surface area contributed by atoms with Gasteiger partial charge in [-0.05, 0) is 35.1 Å². The molecule has 4 nitrogen and oxygen atoms in total. The fraction of sp³-hybridized carbons (Fsp3) is 0.286. The molecule has 0 bridgehead atoms. The summed E-state index contributed by atoms with van der Waals surface area (Å²) >= 11 is 0. The lowest BCUT2D eigenvalue weighted by molar-refractivity contribution is 0.102. The van der Waals surface area contributed by atoms with Crippen LogP contribution in [0, 0.1) is 0 Å². The van der Waals surface area contributed by atoms with E-state index in [1.807, 2.05) is 71.3 Å². The number of rotatable bonds is 3. The summed E-state index contributed by atoms with van der Waals surface area (Å²) in [5, 5.41) is 11.1. The van der Waals surface area contributed by atoms with Crippen LogP contribution in [0.3, 0.4) is 0 Å². The molecule has 0 amide bonds. The van der Waals surface area contributed by atoms with E-state index in [-0.39, 0.29) is 16.6 Å². The molecule has 0 atom stereocenters. The first-order valence-corrected chi connectivity index (χ1v) is 10.9. The number of carbonyl (C=O) groups excluding carboxylic acids is 1. The first-order chi connectivity index (χ1) is 15.0. The van der Waals surface area contributed by atoms with Gasteiger partial charge in [-0.3, -0.25) is 9.20 Å². The van der Waals surface area contributed by atoms with E-state index >= 15 is 0 Å². The number of benzene rings is 2. The fourth-order valence-corrected chi connectivity index (χ4v) is 4.04. The molecule has 2 aromatic carbocycles. The summed E-state index contributed by atoms with van der Waals surface area (Å²) in [5.41, 5.74) is 4.33. The molecule has 0 aliphatic rings. The Bertz CT molecular complexity index is 1270. The molecule has 4 rings (SSSR count). The van der Waals surface area contributed by atoms with E-state index in [0.29, 0.717) is 17.1 Å². The molecular weight excluding hydrogens is 396 g/mol. The minimum absolute atomic E-state index is 0.121. The third-order valence-electron chi connectivity index (χ3n) is 5.79. The Balaban J connectivity index is 2.00. The molecule has 32 heavy (non-hydrogen) atoms. The SMILES string of the molecule is CC(C)(C)c1cc(-c2nc(C(=O)c3ccccc3)n3ccccc23)cc(C(C)(C)C)c1O. The maximum Gasteiger partial charge on any atom is 0.228 e. The number of ketones is 1. The molecule has 0 spiro atoms. The molecule has 0 unspecified atom stereocenters. The van der Waals surface area contributed by atoms with Crippen LogP contribution >= 0.6 is 0 Å². The molecule has 0 aliphatic heterocycles. The van der Waals surface area contributed by atoms with Crippen LogP contribution in [-0.2, 0) is 10.8 Å². The molecule has 2 heterocycles. The lowest BCUT2D eigenvalue weighted by Crippen LogP contribution is -2.17. The second kappa shape index (κ2) is 7.63. The molecule has 4 aromatic rings. The number of nitrogens with zero attached hydrogens (tertiary/aromatic N) is 2. The van der Waals surface area contributed by atoms with Crippen LogP contribution in [0.15, 0.2) is 66.9 Å². The van der Waals surface area contributed by atoms with Crippen molar-refractivity contribution in [2.45, 2.75) is 52.4 Å². The highest BCUT2D eigenvalue weighted by atomic mass is 16.3. The number of hydrogen-bond donors (Lipinski definition) is 1. The second-order valence-electron chi connectivity index (χ2n) is 10.4. The van der Waals surface area contributed by atoms with Crippen molar-refractivity contribution in [1.29, 1.82) is 0 Å². The molecule has 1 N–H and O–H groups in total. The summed E-state index contributed by atoms with van der Waals surface area (Å²) in [5.74, 6) is 0.589. The van der Waals surface area contributed by atoms with Gasteiger partial charge in [0.05, 0.1) is 11.2 Å². The summed E-state index contributed by atoms with van der Waals surface area (Å²) in [6, 6.07) is 19.1. The molecular formula is C28H30N2O2. The number of aromatic hydroxyl groups is 1. The van der Waals surface area contributed by atoms with Crippen LogP contribution in [-0.4, -0.2) is 20.3 Å². The zero-order valence-corrected chi connectivity index (χ0v) is 19.6.